The highest BCUT2D eigenvalue weighted by atomic mass is 35.5. The van der Waals surface area contributed by atoms with Crippen molar-refractivity contribution in [3.63, 3.8) is 0 Å². The Balaban J connectivity index is 1.33. The molecule has 2 N–H and O–H groups in total. The molecule has 0 spiro atoms. The van der Waals surface area contributed by atoms with Gasteiger partial charge in [0, 0.05) is 32.5 Å². The number of carbonyl (C=O) groups is 1. The third-order valence-electron chi connectivity index (χ3n) is 7.25. The van der Waals surface area contributed by atoms with E-state index in [9.17, 15) is 4.79 Å². The predicted molar refractivity (Wildman–Crippen MR) is 158 cm³/mol. The van der Waals surface area contributed by atoms with Crippen LogP contribution in [0, 0.1) is 5.92 Å². The van der Waals surface area contributed by atoms with Gasteiger partial charge in [-0.3, -0.25) is 10.2 Å². The van der Waals surface area contributed by atoms with Crippen LogP contribution in [-0.4, -0.2) is 39.9 Å². The molecule has 1 fully saturated rings. The zero-order valence-electron chi connectivity index (χ0n) is 22.5. The second-order valence-corrected chi connectivity index (χ2v) is 11.0. The molecule has 0 aliphatic heterocycles. The van der Waals surface area contributed by atoms with E-state index in [1.54, 1.807) is 7.11 Å². The van der Waals surface area contributed by atoms with Gasteiger partial charge < -0.3 is 9.72 Å². The van der Waals surface area contributed by atoms with Crippen LogP contribution in [0.4, 0.5) is 10.5 Å². The summed E-state index contributed by atoms with van der Waals surface area (Å²) < 4.78 is 10.5. The van der Waals surface area contributed by atoms with E-state index in [2.05, 4.69) is 36.8 Å². The molecule has 11 heteroatoms. The van der Waals surface area contributed by atoms with Crippen molar-refractivity contribution in [1.29, 1.82) is 0 Å². The molecule has 2 aromatic carbocycles. The molecule has 0 saturated heterocycles. The van der Waals surface area contributed by atoms with Crippen molar-refractivity contribution in [3.05, 3.63) is 88.9 Å². The standard InChI is InChI=1S/C30H27ClN6O3S/c1-39-30(38)33-22-9-5-19(6-10-22)26-15-32-29(34-26)25(13-18-3-4-18)28-12-7-20(16-37(28)40-2)24-14-21(31)8-11-23(24)27-17-41-36-35-27/h5-12,14-18,25H,3-4,13H2,1-2H3,(H-,32,33,34,35,36,38)/p+1. The number of pyridine rings is 1. The molecular weight excluding hydrogens is 560 g/mol. The fourth-order valence-corrected chi connectivity index (χ4v) is 5.59. The molecule has 5 aromatic rings. The molecule has 1 aliphatic carbocycles. The topological polar surface area (TPSA) is 106 Å². The molecule has 3 aromatic heterocycles. The fourth-order valence-electron chi connectivity index (χ4n) is 4.96. The molecule has 9 nitrogen and oxygen atoms in total. The van der Waals surface area contributed by atoms with Crippen LogP contribution in [0.5, 0.6) is 0 Å². The SMILES string of the molecule is COC(=O)Nc1ccc(-c2cnc(C(CC3CC3)c3ccc(-c4cc(Cl)ccc4-c4csnn4)c[n+]3OC)[nH]2)cc1. The number of hydrogen-bond donors (Lipinski definition) is 2. The van der Waals surface area contributed by atoms with Crippen molar-refractivity contribution < 1.29 is 19.1 Å². The Labute approximate surface area is 246 Å². The molecule has 1 atom stereocenters. The van der Waals surface area contributed by atoms with E-state index in [4.69, 9.17) is 21.4 Å². The summed E-state index contributed by atoms with van der Waals surface area (Å²) in [6, 6.07) is 17.5. The van der Waals surface area contributed by atoms with Crippen molar-refractivity contribution in [2.24, 2.45) is 5.92 Å². The van der Waals surface area contributed by atoms with Crippen LogP contribution >= 0.6 is 23.1 Å². The average molecular weight is 588 g/mol. The number of hydrogen-bond acceptors (Lipinski definition) is 7. The summed E-state index contributed by atoms with van der Waals surface area (Å²) in [4.78, 5) is 25.7. The zero-order valence-corrected chi connectivity index (χ0v) is 24.1. The van der Waals surface area contributed by atoms with E-state index in [0.717, 1.165) is 51.6 Å². The first-order chi connectivity index (χ1) is 20.0. The Hall–Kier alpha value is -4.28. The lowest BCUT2D eigenvalue weighted by Crippen LogP contribution is -2.45. The maximum Gasteiger partial charge on any atom is 0.411 e. The zero-order chi connectivity index (χ0) is 28.3. The Morgan fingerprint density at radius 3 is 2.63 bits per heavy atom. The molecule has 1 aliphatic rings. The molecule has 6 rings (SSSR count). The van der Waals surface area contributed by atoms with Gasteiger partial charge in [-0.15, -0.1) is 5.10 Å². The highest BCUT2D eigenvalue weighted by Gasteiger charge is 2.35. The number of carbonyl (C=O) groups excluding carboxylic acids is 1. The van der Waals surface area contributed by atoms with Gasteiger partial charge in [0.2, 0.25) is 11.9 Å². The Morgan fingerprint density at radius 2 is 1.93 bits per heavy atom. The van der Waals surface area contributed by atoms with Crippen LogP contribution in [0.25, 0.3) is 33.6 Å². The van der Waals surface area contributed by atoms with Crippen LogP contribution in [0.15, 0.2) is 72.4 Å². The van der Waals surface area contributed by atoms with Crippen LogP contribution in [-0.2, 0) is 4.74 Å². The van der Waals surface area contributed by atoms with Gasteiger partial charge in [0.1, 0.15) is 24.5 Å². The van der Waals surface area contributed by atoms with E-state index in [1.807, 2.05) is 65.0 Å². The second kappa shape index (κ2) is 11.7. The van der Waals surface area contributed by atoms with E-state index < -0.39 is 6.09 Å². The fraction of sp³-hybridized carbons (Fsp3) is 0.233. The van der Waals surface area contributed by atoms with E-state index in [-0.39, 0.29) is 5.92 Å². The predicted octanol–water partition coefficient (Wildman–Crippen LogP) is 6.37. The molecule has 1 amide bonds. The first-order valence-electron chi connectivity index (χ1n) is 13.2. The van der Waals surface area contributed by atoms with Gasteiger partial charge in [-0.25, -0.2) is 9.78 Å². The number of aromatic nitrogens is 5. The summed E-state index contributed by atoms with van der Waals surface area (Å²) in [6.45, 7) is 0. The number of nitrogens with one attached hydrogen (secondary N) is 2. The number of methoxy groups -OCH3 is 1. The molecule has 1 saturated carbocycles. The molecule has 41 heavy (non-hydrogen) atoms. The number of rotatable bonds is 9. The van der Waals surface area contributed by atoms with Gasteiger partial charge in [-0.05, 0) is 65.3 Å². The van der Waals surface area contributed by atoms with Crippen LogP contribution in [0.3, 0.4) is 0 Å². The molecule has 1 unspecified atom stereocenters. The first-order valence-corrected chi connectivity index (χ1v) is 14.4. The maximum absolute atomic E-state index is 11.5. The number of imidazole rings is 1. The number of nitrogens with zero attached hydrogens (tertiary/aromatic N) is 4. The van der Waals surface area contributed by atoms with Crippen LogP contribution in [0.2, 0.25) is 5.02 Å². The summed E-state index contributed by atoms with van der Waals surface area (Å²) in [5, 5.41) is 9.51. The van der Waals surface area contributed by atoms with Gasteiger partial charge in [-0.1, -0.05) is 47.1 Å². The third-order valence-corrected chi connectivity index (χ3v) is 7.99. The number of halogens is 1. The molecule has 0 bridgehead atoms. The molecule has 0 radical (unpaired) electrons. The number of aromatic amines is 1. The normalized spacial score (nSPS) is 13.5. The van der Waals surface area contributed by atoms with Gasteiger partial charge in [0.15, 0.2) is 0 Å². The Kier molecular flexibility index (Phi) is 7.67. The first kappa shape index (κ1) is 26.9. The van der Waals surface area contributed by atoms with Crippen molar-refractivity contribution in [1.82, 2.24) is 19.6 Å². The average Bonchev–Trinajstić information content (AvgIpc) is 3.42. The van der Waals surface area contributed by atoms with Gasteiger partial charge >= 0.3 is 6.09 Å². The van der Waals surface area contributed by atoms with Gasteiger partial charge in [0.05, 0.1) is 24.6 Å². The summed E-state index contributed by atoms with van der Waals surface area (Å²) in [6.07, 6.45) is 6.73. The summed E-state index contributed by atoms with van der Waals surface area (Å²) in [5.41, 5.74) is 7.17. The minimum Gasteiger partial charge on any atom is -0.453 e. The lowest BCUT2D eigenvalue weighted by Gasteiger charge is -2.14. The number of amides is 1. The van der Waals surface area contributed by atoms with Crippen molar-refractivity contribution in [2.75, 3.05) is 19.5 Å². The smallest absolute Gasteiger partial charge is 0.411 e. The lowest BCUT2D eigenvalue weighted by atomic mass is 9.94. The van der Waals surface area contributed by atoms with Crippen molar-refractivity contribution in [3.8, 4) is 33.6 Å². The quantitative estimate of drug-likeness (QED) is 0.194. The largest absolute Gasteiger partial charge is 0.453 e. The van der Waals surface area contributed by atoms with Gasteiger partial charge in [-0.2, -0.15) is 0 Å². The minimum atomic E-state index is -0.506. The number of H-pyrrole nitrogens is 1. The highest BCUT2D eigenvalue weighted by Crippen LogP contribution is 2.41. The second-order valence-electron chi connectivity index (χ2n) is 9.94. The lowest BCUT2D eigenvalue weighted by molar-refractivity contribution is -0.890. The van der Waals surface area contributed by atoms with E-state index in [1.165, 1.54) is 31.5 Å². The summed E-state index contributed by atoms with van der Waals surface area (Å²) in [7, 11) is 3.01. The number of ether oxygens (including phenoxy) is 1. The molecule has 208 valence electrons. The number of anilines is 1. The van der Waals surface area contributed by atoms with Crippen molar-refractivity contribution in [2.45, 2.75) is 25.2 Å². The maximum atomic E-state index is 11.5. The molecule has 3 heterocycles. The monoisotopic (exact) mass is 587 g/mol. The van der Waals surface area contributed by atoms with Crippen molar-refractivity contribution >= 4 is 34.9 Å². The van der Waals surface area contributed by atoms with Gasteiger partial charge in [0.25, 0.3) is 0 Å². The third kappa shape index (κ3) is 5.94. The molecular formula is C30H28ClN6O3S+. The minimum absolute atomic E-state index is 0.00656. The highest BCUT2D eigenvalue weighted by molar-refractivity contribution is 7.03. The van der Waals surface area contributed by atoms with E-state index >= 15 is 0 Å². The summed E-state index contributed by atoms with van der Waals surface area (Å²) in [5.74, 6) is 1.53. The Morgan fingerprint density at radius 1 is 1.12 bits per heavy atom. The van der Waals surface area contributed by atoms with Crippen LogP contribution in [0.1, 0.15) is 36.7 Å². The number of benzene rings is 2. The van der Waals surface area contributed by atoms with E-state index in [0.29, 0.717) is 16.6 Å². The summed E-state index contributed by atoms with van der Waals surface area (Å²) >= 11 is 7.72. The Bertz CT molecular complexity index is 1670. The van der Waals surface area contributed by atoms with Crippen LogP contribution < -0.4 is 14.9 Å².